The van der Waals surface area contributed by atoms with Crippen LogP contribution in [0.1, 0.15) is 12.5 Å². The van der Waals surface area contributed by atoms with Crippen molar-refractivity contribution in [3.63, 3.8) is 0 Å². The van der Waals surface area contributed by atoms with Crippen LogP contribution in [0, 0.1) is 0 Å². The molecule has 7 nitrogen and oxygen atoms in total. The normalized spacial score (nSPS) is 17.8. The molecular formula is C16H19N5O2S2. The van der Waals surface area contributed by atoms with Crippen LogP contribution in [0.5, 0.6) is 0 Å². The SMILES string of the molecule is CC1C(=O)N(Cc2ccccc2)CCN1C(=O)CSc1nnc(N)s1. The number of carbonyl (C=O) groups is 2. The quantitative estimate of drug-likeness (QED) is 0.794. The maximum absolute atomic E-state index is 12.6. The number of carbonyl (C=O) groups excluding carboxylic acids is 2. The van der Waals surface area contributed by atoms with Crippen LogP contribution in [0.25, 0.3) is 0 Å². The molecular weight excluding hydrogens is 358 g/mol. The summed E-state index contributed by atoms with van der Waals surface area (Å²) in [5, 5.41) is 7.99. The Morgan fingerprint density at radius 1 is 1.32 bits per heavy atom. The summed E-state index contributed by atoms with van der Waals surface area (Å²) in [5.41, 5.74) is 6.62. The number of nitrogens with two attached hydrogens (primary N) is 1. The van der Waals surface area contributed by atoms with E-state index in [1.54, 1.807) is 11.8 Å². The molecule has 0 aliphatic carbocycles. The smallest absolute Gasteiger partial charge is 0.245 e. The molecule has 0 spiro atoms. The Bertz CT molecular complexity index is 752. The van der Waals surface area contributed by atoms with Gasteiger partial charge in [-0.05, 0) is 12.5 Å². The Labute approximate surface area is 154 Å². The highest BCUT2D eigenvalue weighted by Crippen LogP contribution is 2.24. The van der Waals surface area contributed by atoms with Crippen molar-refractivity contribution in [3.8, 4) is 0 Å². The fraction of sp³-hybridized carbons (Fsp3) is 0.375. The molecule has 132 valence electrons. The van der Waals surface area contributed by atoms with Crippen LogP contribution in [-0.4, -0.2) is 56.7 Å². The zero-order chi connectivity index (χ0) is 17.8. The molecule has 3 rings (SSSR count). The van der Waals surface area contributed by atoms with Gasteiger partial charge in [0.2, 0.25) is 16.9 Å². The van der Waals surface area contributed by atoms with E-state index in [1.807, 2.05) is 35.2 Å². The Morgan fingerprint density at radius 2 is 2.08 bits per heavy atom. The lowest BCUT2D eigenvalue weighted by Gasteiger charge is -2.39. The molecule has 1 fully saturated rings. The zero-order valence-electron chi connectivity index (χ0n) is 13.8. The fourth-order valence-electron chi connectivity index (χ4n) is 2.72. The Balaban J connectivity index is 1.56. The highest BCUT2D eigenvalue weighted by molar-refractivity contribution is 8.01. The molecule has 1 saturated heterocycles. The number of benzene rings is 1. The molecule has 1 aromatic carbocycles. The molecule has 1 atom stereocenters. The molecule has 1 aliphatic rings. The van der Waals surface area contributed by atoms with E-state index in [9.17, 15) is 9.59 Å². The van der Waals surface area contributed by atoms with E-state index in [2.05, 4.69) is 10.2 Å². The number of aromatic nitrogens is 2. The van der Waals surface area contributed by atoms with Crippen LogP contribution in [0.15, 0.2) is 34.7 Å². The van der Waals surface area contributed by atoms with Gasteiger partial charge in [-0.2, -0.15) is 0 Å². The topological polar surface area (TPSA) is 92.4 Å². The molecule has 0 saturated carbocycles. The lowest BCUT2D eigenvalue weighted by atomic mass is 10.1. The van der Waals surface area contributed by atoms with Crippen molar-refractivity contribution in [1.29, 1.82) is 0 Å². The van der Waals surface area contributed by atoms with E-state index >= 15 is 0 Å². The second-order valence-corrected chi connectivity index (χ2v) is 7.93. The molecule has 1 aromatic heterocycles. The standard InChI is InChI=1S/C16H19N5O2S2/c1-11-14(23)20(9-12-5-3-2-4-6-12)7-8-21(11)13(22)10-24-16-19-18-15(17)25-16/h2-6,11H,7-10H2,1H3,(H2,17,18). The summed E-state index contributed by atoms with van der Waals surface area (Å²) in [6, 6.07) is 9.42. The third-order valence-electron chi connectivity index (χ3n) is 4.03. The highest BCUT2D eigenvalue weighted by Gasteiger charge is 2.34. The number of hydrogen-bond donors (Lipinski definition) is 1. The van der Waals surface area contributed by atoms with Crippen LogP contribution in [-0.2, 0) is 16.1 Å². The van der Waals surface area contributed by atoms with E-state index in [0.29, 0.717) is 29.1 Å². The maximum atomic E-state index is 12.6. The minimum absolute atomic E-state index is 0.0198. The van der Waals surface area contributed by atoms with Gasteiger partial charge in [0.05, 0.1) is 5.75 Å². The predicted molar refractivity (Wildman–Crippen MR) is 98.1 cm³/mol. The van der Waals surface area contributed by atoms with Crippen molar-refractivity contribution in [2.45, 2.75) is 23.8 Å². The van der Waals surface area contributed by atoms with Gasteiger partial charge in [-0.25, -0.2) is 0 Å². The average Bonchev–Trinajstić information content (AvgIpc) is 3.03. The van der Waals surface area contributed by atoms with Crippen molar-refractivity contribution in [2.24, 2.45) is 0 Å². The van der Waals surface area contributed by atoms with Crippen molar-refractivity contribution < 1.29 is 9.59 Å². The summed E-state index contributed by atoms with van der Waals surface area (Å²) < 4.78 is 0.660. The Kier molecular flexibility index (Phi) is 5.54. The van der Waals surface area contributed by atoms with E-state index in [4.69, 9.17) is 5.73 Å². The minimum Gasteiger partial charge on any atom is -0.374 e. The largest absolute Gasteiger partial charge is 0.374 e. The number of rotatable bonds is 5. The van der Waals surface area contributed by atoms with E-state index in [0.717, 1.165) is 5.56 Å². The monoisotopic (exact) mass is 377 g/mol. The van der Waals surface area contributed by atoms with Gasteiger partial charge in [-0.3, -0.25) is 9.59 Å². The number of hydrogen-bond acceptors (Lipinski definition) is 7. The summed E-state index contributed by atoms with van der Waals surface area (Å²) in [4.78, 5) is 28.5. The molecule has 2 amide bonds. The molecule has 2 heterocycles. The number of nitrogen functional groups attached to an aromatic ring is 1. The van der Waals surface area contributed by atoms with Gasteiger partial charge >= 0.3 is 0 Å². The van der Waals surface area contributed by atoms with Crippen LogP contribution >= 0.6 is 23.1 Å². The Morgan fingerprint density at radius 3 is 2.76 bits per heavy atom. The maximum Gasteiger partial charge on any atom is 0.245 e. The molecule has 0 bridgehead atoms. The van der Waals surface area contributed by atoms with Crippen molar-refractivity contribution >= 4 is 40.0 Å². The molecule has 2 N–H and O–H groups in total. The van der Waals surface area contributed by atoms with Crippen LogP contribution in [0.4, 0.5) is 5.13 Å². The highest BCUT2D eigenvalue weighted by atomic mass is 32.2. The molecule has 9 heteroatoms. The van der Waals surface area contributed by atoms with Gasteiger partial charge in [-0.1, -0.05) is 53.4 Å². The number of piperazine rings is 1. The first-order valence-electron chi connectivity index (χ1n) is 7.88. The summed E-state index contributed by atoms with van der Waals surface area (Å²) >= 11 is 2.55. The summed E-state index contributed by atoms with van der Waals surface area (Å²) in [6.45, 7) is 3.44. The Hall–Kier alpha value is -2.13. The summed E-state index contributed by atoms with van der Waals surface area (Å²) in [7, 11) is 0. The molecule has 1 aliphatic heterocycles. The first-order valence-corrected chi connectivity index (χ1v) is 9.69. The number of nitrogens with zero attached hydrogens (tertiary/aromatic N) is 4. The predicted octanol–water partition coefficient (Wildman–Crippen LogP) is 1.47. The fourth-order valence-corrected chi connectivity index (χ4v) is 4.24. The molecule has 25 heavy (non-hydrogen) atoms. The third-order valence-corrected chi connectivity index (χ3v) is 5.90. The number of thioether (sulfide) groups is 1. The van der Waals surface area contributed by atoms with Crippen LogP contribution < -0.4 is 5.73 Å². The average molecular weight is 377 g/mol. The van der Waals surface area contributed by atoms with Gasteiger partial charge in [0.1, 0.15) is 6.04 Å². The third kappa shape index (κ3) is 4.29. The minimum atomic E-state index is -0.454. The van der Waals surface area contributed by atoms with Gasteiger partial charge in [0.25, 0.3) is 0 Å². The number of amides is 2. The van der Waals surface area contributed by atoms with Crippen molar-refractivity contribution in [2.75, 3.05) is 24.6 Å². The van der Waals surface area contributed by atoms with Crippen molar-refractivity contribution in [3.05, 3.63) is 35.9 Å². The summed E-state index contributed by atoms with van der Waals surface area (Å²) in [5.74, 6) is 0.137. The lowest BCUT2D eigenvalue weighted by molar-refractivity contribution is -0.149. The number of anilines is 1. The molecule has 0 radical (unpaired) electrons. The zero-order valence-corrected chi connectivity index (χ0v) is 15.4. The second-order valence-electron chi connectivity index (χ2n) is 5.70. The van der Waals surface area contributed by atoms with Crippen molar-refractivity contribution in [1.82, 2.24) is 20.0 Å². The second kappa shape index (κ2) is 7.83. The van der Waals surface area contributed by atoms with Gasteiger partial charge in [0.15, 0.2) is 4.34 Å². The lowest BCUT2D eigenvalue weighted by Crippen LogP contribution is -2.57. The van der Waals surface area contributed by atoms with Crippen LogP contribution in [0.3, 0.4) is 0 Å². The van der Waals surface area contributed by atoms with E-state index < -0.39 is 6.04 Å². The van der Waals surface area contributed by atoms with Gasteiger partial charge in [-0.15, -0.1) is 10.2 Å². The van der Waals surface area contributed by atoms with Crippen LogP contribution in [0.2, 0.25) is 0 Å². The van der Waals surface area contributed by atoms with Gasteiger partial charge < -0.3 is 15.5 Å². The first-order chi connectivity index (χ1) is 12.0. The molecule has 2 aromatic rings. The van der Waals surface area contributed by atoms with Gasteiger partial charge in [0, 0.05) is 19.6 Å². The van der Waals surface area contributed by atoms with E-state index in [1.165, 1.54) is 23.1 Å². The summed E-state index contributed by atoms with van der Waals surface area (Å²) in [6.07, 6.45) is 0. The molecule has 1 unspecified atom stereocenters. The van der Waals surface area contributed by atoms with E-state index in [-0.39, 0.29) is 17.6 Å². The first kappa shape index (κ1) is 17.7.